The van der Waals surface area contributed by atoms with Gasteiger partial charge in [-0.25, -0.2) is 0 Å². The summed E-state index contributed by atoms with van der Waals surface area (Å²) in [6.07, 6.45) is 1.15. The number of aryl methyl sites for hydroxylation is 2. The summed E-state index contributed by atoms with van der Waals surface area (Å²) in [5, 5.41) is 14.0. The standard InChI is InChI=1S/C20H22N2O3/c1-12-6-7-15-11-16(14(3)22-17(15)9-12)20(24)21-13(2)10-18(23)19-5-4-8-25-19/h4-9,11,13,18,23H,10H2,1-3H3,(H,21,24). The third-order valence-corrected chi connectivity index (χ3v) is 4.23. The highest BCUT2D eigenvalue weighted by molar-refractivity contribution is 5.98. The van der Waals surface area contributed by atoms with E-state index < -0.39 is 6.10 Å². The molecule has 130 valence electrons. The van der Waals surface area contributed by atoms with Gasteiger partial charge in [-0.05, 0) is 50.6 Å². The third-order valence-electron chi connectivity index (χ3n) is 4.23. The third kappa shape index (κ3) is 3.88. The first-order chi connectivity index (χ1) is 11.9. The lowest BCUT2D eigenvalue weighted by Gasteiger charge is -2.17. The van der Waals surface area contributed by atoms with Crippen LogP contribution in [0, 0.1) is 13.8 Å². The zero-order valence-corrected chi connectivity index (χ0v) is 14.6. The highest BCUT2D eigenvalue weighted by Crippen LogP contribution is 2.20. The van der Waals surface area contributed by atoms with Crippen LogP contribution in [0.1, 0.15) is 46.8 Å². The molecule has 3 aromatic rings. The Balaban J connectivity index is 1.73. The van der Waals surface area contributed by atoms with Gasteiger partial charge in [0.1, 0.15) is 11.9 Å². The van der Waals surface area contributed by atoms with Crippen LogP contribution >= 0.6 is 0 Å². The topological polar surface area (TPSA) is 75.4 Å². The Morgan fingerprint density at radius 2 is 2.08 bits per heavy atom. The van der Waals surface area contributed by atoms with E-state index in [1.54, 1.807) is 12.1 Å². The number of nitrogens with zero attached hydrogens (tertiary/aromatic N) is 1. The van der Waals surface area contributed by atoms with Crippen LogP contribution in [0.3, 0.4) is 0 Å². The van der Waals surface area contributed by atoms with Gasteiger partial charge in [0.15, 0.2) is 0 Å². The number of fused-ring (bicyclic) bond motifs is 1. The lowest BCUT2D eigenvalue weighted by molar-refractivity contribution is 0.0902. The van der Waals surface area contributed by atoms with E-state index in [-0.39, 0.29) is 11.9 Å². The first-order valence-corrected chi connectivity index (χ1v) is 8.34. The van der Waals surface area contributed by atoms with Crippen molar-refractivity contribution in [3.63, 3.8) is 0 Å². The lowest BCUT2D eigenvalue weighted by Crippen LogP contribution is -2.34. The Labute approximate surface area is 146 Å². The number of amides is 1. The molecule has 3 rings (SSSR count). The average molecular weight is 338 g/mol. The first kappa shape index (κ1) is 17.2. The highest BCUT2D eigenvalue weighted by Gasteiger charge is 2.18. The number of hydrogen-bond donors (Lipinski definition) is 2. The molecule has 1 amide bonds. The van der Waals surface area contributed by atoms with Crippen LogP contribution in [-0.2, 0) is 0 Å². The van der Waals surface area contributed by atoms with Gasteiger partial charge >= 0.3 is 0 Å². The number of furan rings is 1. The summed E-state index contributed by atoms with van der Waals surface area (Å²) in [7, 11) is 0. The van der Waals surface area contributed by atoms with Crippen LogP contribution < -0.4 is 5.32 Å². The van der Waals surface area contributed by atoms with E-state index in [1.165, 1.54) is 6.26 Å². The van der Waals surface area contributed by atoms with E-state index in [4.69, 9.17) is 4.42 Å². The Kier molecular flexibility index (Phi) is 4.86. The molecule has 2 N–H and O–H groups in total. The number of aromatic nitrogens is 1. The molecular weight excluding hydrogens is 316 g/mol. The van der Waals surface area contributed by atoms with Crippen LogP contribution in [0.25, 0.3) is 10.9 Å². The second-order valence-corrected chi connectivity index (χ2v) is 6.46. The average Bonchev–Trinajstić information content (AvgIpc) is 3.08. The van der Waals surface area contributed by atoms with Crippen molar-refractivity contribution in [2.75, 3.05) is 0 Å². The maximum Gasteiger partial charge on any atom is 0.253 e. The molecule has 0 aliphatic heterocycles. The van der Waals surface area contributed by atoms with Crippen molar-refractivity contribution in [1.82, 2.24) is 10.3 Å². The van der Waals surface area contributed by atoms with Gasteiger partial charge in [0.2, 0.25) is 0 Å². The molecule has 0 saturated carbocycles. The fourth-order valence-electron chi connectivity index (χ4n) is 2.90. The number of aliphatic hydroxyl groups excluding tert-OH is 1. The van der Waals surface area contributed by atoms with Gasteiger partial charge in [0.25, 0.3) is 5.91 Å². The number of aliphatic hydroxyl groups is 1. The number of carbonyl (C=O) groups is 1. The van der Waals surface area contributed by atoms with Crippen molar-refractivity contribution < 1.29 is 14.3 Å². The Morgan fingerprint density at radius 3 is 2.80 bits per heavy atom. The van der Waals surface area contributed by atoms with Crippen molar-refractivity contribution in [1.29, 1.82) is 0 Å². The minimum atomic E-state index is -0.746. The molecular formula is C20H22N2O3. The molecule has 0 fully saturated rings. The van der Waals surface area contributed by atoms with E-state index in [2.05, 4.69) is 10.3 Å². The zero-order valence-electron chi connectivity index (χ0n) is 14.6. The van der Waals surface area contributed by atoms with Gasteiger partial charge in [-0.3, -0.25) is 9.78 Å². The summed E-state index contributed by atoms with van der Waals surface area (Å²) in [4.78, 5) is 17.1. The molecule has 2 heterocycles. The van der Waals surface area contributed by atoms with E-state index in [0.29, 0.717) is 23.4 Å². The van der Waals surface area contributed by atoms with Crippen molar-refractivity contribution in [3.05, 3.63) is 65.2 Å². The number of benzene rings is 1. The van der Waals surface area contributed by atoms with Gasteiger partial charge in [0.05, 0.1) is 23.0 Å². The molecule has 1 aromatic carbocycles. The molecule has 0 aliphatic carbocycles. The Morgan fingerprint density at radius 1 is 1.28 bits per heavy atom. The highest BCUT2D eigenvalue weighted by atomic mass is 16.4. The molecule has 2 unspecified atom stereocenters. The van der Waals surface area contributed by atoms with Crippen LogP contribution in [0.5, 0.6) is 0 Å². The van der Waals surface area contributed by atoms with Crippen LogP contribution in [0.15, 0.2) is 47.1 Å². The molecule has 2 aromatic heterocycles. The van der Waals surface area contributed by atoms with E-state index in [1.807, 2.05) is 45.0 Å². The van der Waals surface area contributed by atoms with Crippen molar-refractivity contribution in [3.8, 4) is 0 Å². The minimum absolute atomic E-state index is 0.188. The first-order valence-electron chi connectivity index (χ1n) is 8.34. The molecule has 5 heteroatoms. The molecule has 0 saturated heterocycles. The Bertz CT molecular complexity index is 887. The molecule has 25 heavy (non-hydrogen) atoms. The normalized spacial score (nSPS) is 13.6. The van der Waals surface area contributed by atoms with Crippen LogP contribution in [0.2, 0.25) is 0 Å². The predicted molar refractivity (Wildman–Crippen MR) is 96.4 cm³/mol. The van der Waals surface area contributed by atoms with Gasteiger partial charge in [0, 0.05) is 17.8 Å². The van der Waals surface area contributed by atoms with E-state index in [9.17, 15) is 9.90 Å². The largest absolute Gasteiger partial charge is 0.467 e. The van der Waals surface area contributed by atoms with Gasteiger partial charge in [-0.1, -0.05) is 12.1 Å². The molecule has 0 radical (unpaired) electrons. The second-order valence-electron chi connectivity index (χ2n) is 6.46. The molecule has 0 aliphatic rings. The fraction of sp³-hybridized carbons (Fsp3) is 0.300. The SMILES string of the molecule is Cc1ccc2cc(C(=O)NC(C)CC(O)c3ccco3)c(C)nc2c1. The van der Waals surface area contributed by atoms with Crippen molar-refractivity contribution in [2.24, 2.45) is 0 Å². The lowest BCUT2D eigenvalue weighted by atomic mass is 10.1. The molecule has 2 atom stereocenters. The smallest absolute Gasteiger partial charge is 0.253 e. The molecule has 0 spiro atoms. The quantitative estimate of drug-likeness (QED) is 0.744. The van der Waals surface area contributed by atoms with E-state index in [0.717, 1.165) is 16.5 Å². The monoisotopic (exact) mass is 338 g/mol. The number of nitrogens with one attached hydrogen (secondary N) is 1. The summed E-state index contributed by atoms with van der Waals surface area (Å²) in [5.74, 6) is 0.312. The maximum absolute atomic E-state index is 12.6. The summed E-state index contributed by atoms with van der Waals surface area (Å²) in [5.41, 5.74) is 3.26. The maximum atomic E-state index is 12.6. The second kappa shape index (κ2) is 7.07. The summed E-state index contributed by atoms with van der Waals surface area (Å²) in [6, 6.07) is 11.1. The van der Waals surface area contributed by atoms with E-state index >= 15 is 0 Å². The minimum Gasteiger partial charge on any atom is -0.467 e. The summed E-state index contributed by atoms with van der Waals surface area (Å²) < 4.78 is 5.19. The zero-order chi connectivity index (χ0) is 18.0. The molecule has 5 nitrogen and oxygen atoms in total. The number of hydrogen-bond acceptors (Lipinski definition) is 4. The fourth-order valence-corrected chi connectivity index (χ4v) is 2.90. The number of carbonyl (C=O) groups excluding carboxylic acids is 1. The summed E-state index contributed by atoms with van der Waals surface area (Å²) in [6.45, 7) is 5.71. The predicted octanol–water partition coefficient (Wildman–Crippen LogP) is 3.69. The van der Waals surface area contributed by atoms with Crippen LogP contribution in [0.4, 0.5) is 0 Å². The number of rotatable bonds is 5. The van der Waals surface area contributed by atoms with Gasteiger partial charge in [-0.15, -0.1) is 0 Å². The summed E-state index contributed by atoms with van der Waals surface area (Å²) >= 11 is 0. The Hall–Kier alpha value is -2.66. The van der Waals surface area contributed by atoms with Crippen LogP contribution in [-0.4, -0.2) is 22.0 Å². The van der Waals surface area contributed by atoms with Crippen molar-refractivity contribution >= 4 is 16.8 Å². The van der Waals surface area contributed by atoms with Gasteiger partial charge < -0.3 is 14.8 Å². The molecule has 0 bridgehead atoms. The van der Waals surface area contributed by atoms with Crippen molar-refractivity contribution in [2.45, 2.75) is 39.3 Å². The van der Waals surface area contributed by atoms with Gasteiger partial charge in [-0.2, -0.15) is 0 Å². The number of pyridine rings is 1.